The molecule has 0 radical (unpaired) electrons. The molecule has 1 aliphatic heterocycles. The molecule has 0 saturated carbocycles. The lowest BCUT2D eigenvalue weighted by molar-refractivity contribution is -0.121. The van der Waals surface area contributed by atoms with E-state index in [9.17, 15) is 9.59 Å². The van der Waals surface area contributed by atoms with Gasteiger partial charge in [-0.05, 0) is 49.9 Å². The van der Waals surface area contributed by atoms with E-state index < -0.39 is 0 Å². The van der Waals surface area contributed by atoms with E-state index in [1.165, 1.54) is 0 Å². The maximum atomic E-state index is 12.2. The molecule has 0 bridgehead atoms. The summed E-state index contributed by atoms with van der Waals surface area (Å²) >= 11 is 0. The monoisotopic (exact) mass is 531 g/mol. The minimum absolute atomic E-state index is 0. The highest BCUT2D eigenvalue weighted by Gasteiger charge is 2.23. The summed E-state index contributed by atoms with van der Waals surface area (Å²) in [6.45, 7) is 5.56. The third-order valence-corrected chi connectivity index (χ3v) is 5.01. The van der Waals surface area contributed by atoms with Crippen molar-refractivity contribution in [1.29, 1.82) is 0 Å². The third-order valence-electron chi connectivity index (χ3n) is 5.01. The molecule has 0 atom stereocenters. The molecule has 2 amide bonds. The topological polar surface area (TPSA) is 95.1 Å². The molecule has 1 saturated heterocycles. The number of likely N-dealkylation sites (tertiary alicyclic amines) is 1. The molecule has 30 heavy (non-hydrogen) atoms. The number of aliphatic imine (C=N–C) groups is 1. The Kier molecular flexibility index (Phi) is 12.2. The summed E-state index contributed by atoms with van der Waals surface area (Å²) in [5.74, 6) is 2.00. The fourth-order valence-corrected chi connectivity index (χ4v) is 3.31. The van der Waals surface area contributed by atoms with Gasteiger partial charge >= 0.3 is 0 Å². The summed E-state index contributed by atoms with van der Waals surface area (Å²) in [5, 5.41) is 8.91. The number of guanidine groups is 1. The van der Waals surface area contributed by atoms with E-state index in [0.717, 1.165) is 44.2 Å². The zero-order chi connectivity index (χ0) is 21.1. The molecule has 1 aromatic carbocycles. The largest absolute Gasteiger partial charge is 0.497 e. The average molecular weight is 531 g/mol. The molecule has 0 unspecified atom stereocenters. The number of ether oxygens (including phenoxy) is 1. The molecule has 0 spiro atoms. The number of hydrogen-bond acceptors (Lipinski definition) is 4. The zero-order valence-corrected chi connectivity index (χ0v) is 20.4. The van der Waals surface area contributed by atoms with Crippen LogP contribution in [0, 0.1) is 5.92 Å². The predicted octanol–water partition coefficient (Wildman–Crippen LogP) is 1.86. The van der Waals surface area contributed by atoms with Gasteiger partial charge in [-0.1, -0.05) is 0 Å². The predicted molar refractivity (Wildman–Crippen MR) is 130 cm³/mol. The normalized spacial score (nSPS) is 14.5. The second kappa shape index (κ2) is 14.1. The van der Waals surface area contributed by atoms with E-state index >= 15 is 0 Å². The Morgan fingerprint density at radius 1 is 1.17 bits per heavy atom. The molecule has 0 aliphatic carbocycles. The number of piperidine rings is 1. The Morgan fingerprint density at radius 2 is 1.83 bits per heavy atom. The number of benzene rings is 1. The van der Waals surface area contributed by atoms with E-state index in [4.69, 9.17) is 4.74 Å². The summed E-state index contributed by atoms with van der Waals surface area (Å²) in [5.41, 5.74) is 0.597. The third kappa shape index (κ3) is 8.37. The second-order valence-electron chi connectivity index (χ2n) is 7.03. The smallest absolute Gasteiger partial charge is 0.251 e. The van der Waals surface area contributed by atoms with Crippen LogP contribution in [0.15, 0.2) is 29.3 Å². The van der Waals surface area contributed by atoms with E-state index in [0.29, 0.717) is 31.0 Å². The summed E-state index contributed by atoms with van der Waals surface area (Å²) in [4.78, 5) is 30.6. The highest BCUT2D eigenvalue weighted by atomic mass is 127. The number of methoxy groups -OCH3 is 1. The van der Waals surface area contributed by atoms with Crippen LogP contribution in [0.1, 0.15) is 36.5 Å². The van der Waals surface area contributed by atoms with Gasteiger partial charge in [0.15, 0.2) is 5.96 Å². The van der Waals surface area contributed by atoms with Crippen LogP contribution in [-0.4, -0.2) is 69.6 Å². The summed E-state index contributed by atoms with van der Waals surface area (Å²) in [7, 11) is 3.28. The number of rotatable bonds is 8. The molecular weight excluding hydrogens is 497 g/mol. The van der Waals surface area contributed by atoms with Crippen molar-refractivity contribution in [1.82, 2.24) is 20.9 Å². The number of hydrogen-bond donors (Lipinski definition) is 3. The Hall–Kier alpha value is -2.04. The zero-order valence-electron chi connectivity index (χ0n) is 18.1. The van der Waals surface area contributed by atoms with Crippen LogP contribution in [0.25, 0.3) is 0 Å². The first kappa shape index (κ1) is 26.0. The fourth-order valence-electron chi connectivity index (χ4n) is 3.31. The van der Waals surface area contributed by atoms with Crippen LogP contribution < -0.4 is 20.7 Å². The van der Waals surface area contributed by atoms with Crippen LogP contribution in [-0.2, 0) is 4.79 Å². The summed E-state index contributed by atoms with van der Waals surface area (Å²) in [6, 6.07) is 7.02. The highest BCUT2D eigenvalue weighted by Crippen LogP contribution is 2.20. The minimum atomic E-state index is -0.122. The number of carbonyl (C=O) groups excluding carboxylic acids is 2. The molecule has 9 heteroatoms. The van der Waals surface area contributed by atoms with Crippen LogP contribution in [0.4, 0.5) is 0 Å². The van der Waals surface area contributed by atoms with Gasteiger partial charge in [-0.2, -0.15) is 0 Å². The van der Waals surface area contributed by atoms with Crippen LogP contribution in [0.3, 0.4) is 0 Å². The number of nitrogens with zero attached hydrogens (tertiary/aromatic N) is 2. The summed E-state index contributed by atoms with van der Waals surface area (Å²) in [6.07, 6.45) is 2.55. The molecule has 1 aromatic rings. The number of amides is 2. The van der Waals surface area contributed by atoms with Crippen molar-refractivity contribution in [3.05, 3.63) is 29.8 Å². The Balaban J connectivity index is 0.00000450. The van der Waals surface area contributed by atoms with Crippen molar-refractivity contribution >= 4 is 41.8 Å². The number of nitrogens with one attached hydrogen (secondary N) is 3. The van der Waals surface area contributed by atoms with Gasteiger partial charge in [0.25, 0.3) is 5.91 Å². The Morgan fingerprint density at radius 3 is 2.40 bits per heavy atom. The Labute approximate surface area is 196 Å². The lowest BCUT2D eigenvalue weighted by atomic mass is 9.93. The number of carbonyl (C=O) groups is 2. The molecular formula is C21H34IN5O3. The van der Waals surface area contributed by atoms with Crippen LogP contribution in [0.5, 0.6) is 5.75 Å². The van der Waals surface area contributed by atoms with E-state index in [2.05, 4.69) is 25.8 Å². The lowest BCUT2D eigenvalue weighted by Gasteiger charge is -2.34. The van der Waals surface area contributed by atoms with Crippen molar-refractivity contribution in [3.8, 4) is 5.75 Å². The summed E-state index contributed by atoms with van der Waals surface area (Å²) < 4.78 is 5.10. The molecule has 1 fully saturated rings. The first-order valence-corrected chi connectivity index (χ1v) is 10.2. The quantitative estimate of drug-likeness (QED) is 0.206. The van der Waals surface area contributed by atoms with Gasteiger partial charge in [-0.3, -0.25) is 14.6 Å². The van der Waals surface area contributed by atoms with Crippen molar-refractivity contribution in [2.75, 3.05) is 46.9 Å². The first-order chi connectivity index (χ1) is 14.1. The molecule has 0 aromatic heterocycles. The molecule has 1 aliphatic rings. The van der Waals surface area contributed by atoms with Crippen LogP contribution in [0.2, 0.25) is 0 Å². The molecule has 8 nitrogen and oxygen atoms in total. The van der Waals surface area contributed by atoms with Gasteiger partial charge in [-0.25, -0.2) is 0 Å². The van der Waals surface area contributed by atoms with E-state index in [1.54, 1.807) is 38.4 Å². The minimum Gasteiger partial charge on any atom is -0.497 e. The van der Waals surface area contributed by atoms with Gasteiger partial charge in [-0.15, -0.1) is 24.0 Å². The SMILES string of the molecule is CCNC(=NCCNC(=O)c1ccc(OC)cc1)N1CCC(CC(=O)NC)CC1.I. The van der Waals surface area contributed by atoms with Gasteiger partial charge in [0, 0.05) is 45.2 Å². The average Bonchev–Trinajstić information content (AvgIpc) is 2.76. The number of halogens is 1. The molecule has 3 N–H and O–H groups in total. The van der Waals surface area contributed by atoms with E-state index in [-0.39, 0.29) is 35.8 Å². The Bertz CT molecular complexity index is 688. The van der Waals surface area contributed by atoms with E-state index in [1.807, 2.05) is 6.92 Å². The van der Waals surface area contributed by atoms with Gasteiger partial charge < -0.3 is 25.6 Å². The van der Waals surface area contributed by atoms with Crippen LogP contribution >= 0.6 is 24.0 Å². The van der Waals surface area contributed by atoms with Crippen molar-refractivity contribution < 1.29 is 14.3 Å². The van der Waals surface area contributed by atoms with Crippen molar-refractivity contribution in [2.45, 2.75) is 26.2 Å². The standard InChI is InChI=1S/C21H33N5O3.HI/c1-4-23-21(26-13-9-16(10-14-26)15-19(27)22-2)25-12-11-24-20(28)17-5-7-18(29-3)8-6-17;/h5-8,16H,4,9-15H2,1-3H3,(H,22,27)(H,23,25)(H,24,28);1H. The highest BCUT2D eigenvalue weighted by molar-refractivity contribution is 14.0. The van der Waals surface area contributed by atoms with Gasteiger partial charge in [0.1, 0.15) is 5.75 Å². The lowest BCUT2D eigenvalue weighted by Crippen LogP contribution is -2.46. The van der Waals surface area contributed by atoms with Crippen molar-refractivity contribution in [3.63, 3.8) is 0 Å². The molecule has 168 valence electrons. The fraction of sp³-hybridized carbons (Fsp3) is 0.571. The van der Waals surface area contributed by atoms with Gasteiger partial charge in [0.2, 0.25) is 5.91 Å². The van der Waals surface area contributed by atoms with Gasteiger partial charge in [0.05, 0.1) is 13.7 Å². The maximum absolute atomic E-state index is 12.2. The molecule has 1 heterocycles. The second-order valence-corrected chi connectivity index (χ2v) is 7.03. The first-order valence-electron chi connectivity index (χ1n) is 10.2. The van der Waals surface area contributed by atoms with Crippen molar-refractivity contribution in [2.24, 2.45) is 10.9 Å². The molecule has 2 rings (SSSR count). The maximum Gasteiger partial charge on any atom is 0.251 e.